The molecule has 3 aromatic heterocycles. The second-order valence-electron chi connectivity index (χ2n) is 8.78. The minimum Gasteiger partial charge on any atom is -0.479 e. The third kappa shape index (κ3) is 5.20. The lowest BCUT2D eigenvalue weighted by Gasteiger charge is -2.16. The number of ether oxygens (including phenoxy) is 2. The zero-order valence-electron chi connectivity index (χ0n) is 21.3. The maximum atomic E-state index is 14.8. The number of nitrogens with two attached hydrogens (primary N) is 1. The molecule has 4 rings (SSSR count). The number of hydrogen-bond acceptors (Lipinski definition) is 8. The molecule has 0 aromatic carbocycles. The molecule has 1 atom stereocenters. The Morgan fingerprint density at radius 3 is 2.58 bits per heavy atom. The Morgan fingerprint density at radius 1 is 1.26 bits per heavy atom. The van der Waals surface area contributed by atoms with Crippen molar-refractivity contribution in [2.45, 2.75) is 12.5 Å². The lowest BCUT2D eigenvalue weighted by molar-refractivity contribution is -0.125. The van der Waals surface area contributed by atoms with Gasteiger partial charge in [-0.05, 0) is 26.4 Å². The number of anilines is 1. The molecule has 0 saturated carbocycles. The molecular weight excluding hydrogens is 520 g/mol. The second kappa shape index (κ2) is 11.2. The number of amides is 1. The van der Waals surface area contributed by atoms with Gasteiger partial charge in [0.25, 0.3) is 11.8 Å². The first-order chi connectivity index (χ1) is 18.2. The molecule has 1 aliphatic rings. The highest BCUT2D eigenvalue weighted by Crippen LogP contribution is 2.34. The minimum absolute atomic E-state index is 0.100. The van der Waals surface area contributed by atoms with Crippen molar-refractivity contribution >= 4 is 34.2 Å². The average Bonchev–Trinajstić information content (AvgIpc) is 3.52. The highest BCUT2D eigenvalue weighted by molar-refractivity contribution is 6.35. The highest BCUT2D eigenvalue weighted by atomic mass is 35.5. The predicted octanol–water partition coefficient (Wildman–Crippen LogP) is 2.65. The maximum Gasteiger partial charge on any atom is 0.254 e. The van der Waals surface area contributed by atoms with Gasteiger partial charge in [0.1, 0.15) is 17.1 Å². The fourth-order valence-corrected chi connectivity index (χ4v) is 4.35. The number of nitrogens with zero attached hydrogens (tertiary/aromatic N) is 6. The van der Waals surface area contributed by atoms with Gasteiger partial charge >= 0.3 is 0 Å². The van der Waals surface area contributed by atoms with Crippen molar-refractivity contribution in [3.8, 4) is 23.6 Å². The molecule has 4 heterocycles. The quantitative estimate of drug-likeness (QED) is 0.372. The summed E-state index contributed by atoms with van der Waals surface area (Å²) in [5.41, 5.74) is 6.13. The van der Waals surface area contributed by atoms with Crippen molar-refractivity contribution in [3.05, 3.63) is 46.3 Å². The Balaban J connectivity index is 1.74. The summed E-state index contributed by atoms with van der Waals surface area (Å²) in [5, 5.41) is 5.20. The minimum atomic E-state index is -1.08. The van der Waals surface area contributed by atoms with E-state index in [2.05, 4.69) is 26.9 Å². The monoisotopic (exact) mass is 545 g/mol. The van der Waals surface area contributed by atoms with Gasteiger partial charge in [-0.2, -0.15) is 18.9 Å². The second-order valence-corrected chi connectivity index (χ2v) is 9.19. The normalized spacial score (nSPS) is 15.4. The summed E-state index contributed by atoms with van der Waals surface area (Å²) in [7, 11) is 6.21. The number of carbonyl (C=O) groups is 1. The lowest BCUT2D eigenvalue weighted by Crippen LogP contribution is -2.27. The van der Waals surface area contributed by atoms with Gasteiger partial charge in [0.15, 0.2) is 0 Å². The average molecular weight is 546 g/mol. The zero-order valence-corrected chi connectivity index (χ0v) is 22.0. The fraction of sp³-hybridized carbons (Fsp3) is 0.360. The first kappa shape index (κ1) is 27.1. The van der Waals surface area contributed by atoms with E-state index in [1.165, 1.54) is 20.4 Å². The number of likely N-dealkylation sites (tertiary alicyclic amines) is 1. The third-order valence-corrected chi connectivity index (χ3v) is 6.25. The molecule has 2 N–H and O–H groups in total. The van der Waals surface area contributed by atoms with Crippen molar-refractivity contribution in [2.24, 2.45) is 0 Å². The molecule has 1 amide bonds. The Kier molecular flexibility index (Phi) is 7.99. The number of nitrogen functional groups attached to an aromatic ring is 1. The lowest BCUT2D eigenvalue weighted by atomic mass is 10.2. The van der Waals surface area contributed by atoms with Crippen LogP contribution in [0.3, 0.4) is 0 Å². The van der Waals surface area contributed by atoms with Crippen LogP contribution in [0.15, 0.2) is 18.3 Å². The topological polar surface area (TPSA) is 112 Å². The number of methoxy groups -OCH3 is 2. The van der Waals surface area contributed by atoms with Gasteiger partial charge in [-0.3, -0.25) is 9.48 Å². The largest absolute Gasteiger partial charge is 0.479 e. The molecule has 1 unspecified atom stereocenters. The van der Waals surface area contributed by atoms with E-state index in [1.54, 1.807) is 21.7 Å². The molecule has 3 aromatic rings. The van der Waals surface area contributed by atoms with Gasteiger partial charge in [0.2, 0.25) is 17.5 Å². The van der Waals surface area contributed by atoms with Crippen molar-refractivity contribution in [2.75, 3.05) is 53.7 Å². The number of likely N-dealkylation sites (N-methyl/N-ethyl adjacent to an activating group) is 1. The molecular formula is C25H26ClF2N7O3. The van der Waals surface area contributed by atoms with E-state index < -0.39 is 29.0 Å². The van der Waals surface area contributed by atoms with Crippen LogP contribution in [0.1, 0.15) is 23.7 Å². The van der Waals surface area contributed by atoms with Gasteiger partial charge in [-0.25, -0.2) is 4.98 Å². The molecule has 200 valence electrons. The van der Waals surface area contributed by atoms with Crippen LogP contribution in [0.25, 0.3) is 10.9 Å². The molecule has 0 radical (unpaired) electrons. The highest BCUT2D eigenvalue weighted by Gasteiger charge is 2.30. The standard InChI is InChI=1S/C25H26ClF2N7O3/c1-33(2)10-5-6-18(36)34-11-9-14(13-34)35-22-16(26)12-30-23(29)19(22)17(32-35)8-7-15-20(27)24(37-3)31-25(38-4)21(15)28/h5-6,12,14H,9-11,13H2,1-4H3,(H2,29,30)/b6-5+. The molecule has 10 nitrogen and oxygen atoms in total. The SMILES string of the molecule is COc1nc(OC)c(F)c(C#Cc2nn(C3CCN(C(=O)/C=C/CN(C)C)C3)c3c(Cl)cnc(N)c23)c1F. The van der Waals surface area contributed by atoms with Crippen molar-refractivity contribution in [3.63, 3.8) is 0 Å². The summed E-state index contributed by atoms with van der Waals surface area (Å²) in [4.78, 5) is 24.0. The summed E-state index contributed by atoms with van der Waals surface area (Å²) < 4.78 is 41.0. The summed E-state index contributed by atoms with van der Waals surface area (Å²) in [5.74, 6) is 2.05. The molecule has 38 heavy (non-hydrogen) atoms. The summed E-state index contributed by atoms with van der Waals surface area (Å²) in [6.07, 6.45) is 5.36. The third-order valence-electron chi connectivity index (χ3n) is 5.97. The first-order valence-corrected chi connectivity index (χ1v) is 11.9. The number of pyridine rings is 2. The van der Waals surface area contributed by atoms with E-state index in [4.69, 9.17) is 26.8 Å². The van der Waals surface area contributed by atoms with Crippen molar-refractivity contribution in [1.29, 1.82) is 0 Å². The van der Waals surface area contributed by atoms with Gasteiger partial charge in [0, 0.05) is 25.7 Å². The Hall–Kier alpha value is -3.95. The number of aromatic nitrogens is 4. The molecule has 0 aliphatic carbocycles. The van der Waals surface area contributed by atoms with Crippen LogP contribution in [0.5, 0.6) is 11.8 Å². The van der Waals surface area contributed by atoms with Crippen LogP contribution < -0.4 is 15.2 Å². The van der Waals surface area contributed by atoms with Crippen LogP contribution in [-0.2, 0) is 4.79 Å². The Morgan fingerprint density at radius 2 is 1.95 bits per heavy atom. The predicted molar refractivity (Wildman–Crippen MR) is 138 cm³/mol. The number of fused-ring (bicyclic) bond motifs is 1. The van der Waals surface area contributed by atoms with E-state index in [-0.39, 0.29) is 28.5 Å². The zero-order chi connectivity index (χ0) is 27.6. The van der Waals surface area contributed by atoms with Crippen molar-refractivity contribution < 1.29 is 23.0 Å². The van der Waals surface area contributed by atoms with E-state index in [0.29, 0.717) is 37.0 Å². The van der Waals surface area contributed by atoms with Crippen LogP contribution >= 0.6 is 11.6 Å². The van der Waals surface area contributed by atoms with Crippen molar-refractivity contribution in [1.82, 2.24) is 29.5 Å². The van der Waals surface area contributed by atoms with E-state index in [9.17, 15) is 13.6 Å². The molecule has 0 spiro atoms. The van der Waals surface area contributed by atoms with E-state index in [1.807, 2.05) is 19.0 Å². The number of hydrogen-bond donors (Lipinski definition) is 1. The first-order valence-electron chi connectivity index (χ1n) is 11.6. The summed E-state index contributed by atoms with van der Waals surface area (Å²) in [6.45, 7) is 1.55. The van der Waals surface area contributed by atoms with E-state index in [0.717, 1.165) is 0 Å². The van der Waals surface area contributed by atoms with Crippen LogP contribution in [-0.4, -0.2) is 83.4 Å². The summed E-state index contributed by atoms with van der Waals surface area (Å²) in [6, 6.07) is -0.229. The van der Waals surface area contributed by atoms with Gasteiger partial charge in [0.05, 0.1) is 42.4 Å². The smallest absolute Gasteiger partial charge is 0.254 e. The number of halogens is 3. The Bertz CT molecular complexity index is 1450. The molecule has 1 fully saturated rings. The number of rotatable bonds is 6. The van der Waals surface area contributed by atoms with Gasteiger partial charge in [-0.1, -0.05) is 23.6 Å². The van der Waals surface area contributed by atoms with Gasteiger partial charge in [-0.15, -0.1) is 0 Å². The molecule has 0 bridgehead atoms. The maximum absolute atomic E-state index is 14.8. The fourth-order valence-electron chi connectivity index (χ4n) is 4.12. The molecule has 13 heteroatoms. The van der Waals surface area contributed by atoms with Crippen LogP contribution in [0, 0.1) is 23.5 Å². The number of carbonyl (C=O) groups excluding carboxylic acids is 1. The van der Waals surface area contributed by atoms with Crippen LogP contribution in [0.2, 0.25) is 5.02 Å². The molecule has 1 saturated heterocycles. The van der Waals surface area contributed by atoms with E-state index >= 15 is 0 Å². The molecule has 1 aliphatic heterocycles. The Labute approximate surface area is 223 Å². The van der Waals surface area contributed by atoms with Gasteiger partial charge < -0.3 is 25.0 Å². The van der Waals surface area contributed by atoms with Crippen LogP contribution in [0.4, 0.5) is 14.6 Å². The summed E-state index contributed by atoms with van der Waals surface area (Å²) >= 11 is 6.49.